The van der Waals surface area contributed by atoms with Crippen LogP contribution in [0.25, 0.3) is 0 Å². The Morgan fingerprint density at radius 3 is 2.05 bits per heavy atom. The van der Waals surface area contributed by atoms with Crippen molar-refractivity contribution in [2.45, 2.75) is 39.3 Å². The molecule has 1 aromatic rings. The number of hydrogen-bond acceptors (Lipinski definition) is 3. The van der Waals surface area contributed by atoms with Crippen molar-refractivity contribution < 1.29 is 9.59 Å². The average Bonchev–Trinajstić information content (AvgIpc) is 2.39. The lowest BCUT2D eigenvalue weighted by Gasteiger charge is -2.12. The molecule has 0 unspecified atom stereocenters. The number of nitrogens with one attached hydrogen (secondary N) is 3. The van der Waals surface area contributed by atoms with Gasteiger partial charge in [-0.3, -0.25) is 4.79 Å². The van der Waals surface area contributed by atoms with Gasteiger partial charge in [-0.2, -0.15) is 0 Å². The van der Waals surface area contributed by atoms with Gasteiger partial charge in [0, 0.05) is 17.4 Å². The Morgan fingerprint density at radius 1 is 1.10 bits per heavy atom. The van der Waals surface area contributed by atoms with E-state index in [2.05, 4.69) is 16.0 Å². The molecule has 6 nitrogen and oxygen atoms in total. The van der Waals surface area contributed by atoms with E-state index in [0.29, 0.717) is 17.8 Å². The second kappa shape index (κ2) is 7.49. The van der Waals surface area contributed by atoms with Crippen molar-refractivity contribution >= 4 is 23.3 Å². The number of rotatable bonds is 5. The number of amides is 3. The largest absolute Gasteiger partial charge is 0.336 e. The summed E-state index contributed by atoms with van der Waals surface area (Å²) < 4.78 is 0. The number of hydrogen-bond donors (Lipinski definition) is 4. The van der Waals surface area contributed by atoms with Crippen LogP contribution in [-0.2, 0) is 4.79 Å². The van der Waals surface area contributed by atoms with E-state index < -0.39 is 6.04 Å². The smallest absolute Gasteiger partial charge is 0.319 e. The highest BCUT2D eigenvalue weighted by molar-refractivity contribution is 5.95. The average molecular weight is 278 g/mol. The number of carbonyl (C=O) groups excluding carboxylic acids is 2. The molecule has 5 N–H and O–H groups in total. The molecule has 1 aromatic carbocycles. The van der Waals surface area contributed by atoms with E-state index in [4.69, 9.17) is 5.73 Å². The summed E-state index contributed by atoms with van der Waals surface area (Å²) in [5.41, 5.74) is 6.93. The van der Waals surface area contributed by atoms with E-state index in [1.807, 2.05) is 20.8 Å². The Bertz CT molecular complexity index is 457. The van der Waals surface area contributed by atoms with Gasteiger partial charge < -0.3 is 21.7 Å². The molecule has 0 aliphatic rings. The van der Waals surface area contributed by atoms with E-state index in [1.54, 1.807) is 24.3 Å². The zero-order valence-corrected chi connectivity index (χ0v) is 12.1. The number of urea groups is 1. The second-order valence-corrected chi connectivity index (χ2v) is 4.83. The Balaban J connectivity index is 2.56. The minimum atomic E-state index is -0.510. The molecular formula is C14H22N4O2. The number of nitrogens with two attached hydrogens (primary N) is 1. The monoisotopic (exact) mass is 278 g/mol. The first-order chi connectivity index (χ1) is 9.42. The third-order valence-electron chi connectivity index (χ3n) is 2.61. The van der Waals surface area contributed by atoms with Crippen LogP contribution in [0.4, 0.5) is 16.2 Å². The van der Waals surface area contributed by atoms with Crippen LogP contribution in [-0.4, -0.2) is 24.0 Å². The summed E-state index contributed by atoms with van der Waals surface area (Å²) in [6.45, 7) is 5.62. The Hall–Kier alpha value is -2.08. The first kappa shape index (κ1) is 16.0. The molecule has 6 heteroatoms. The molecule has 0 aliphatic carbocycles. The summed E-state index contributed by atoms with van der Waals surface area (Å²) in [5, 5.41) is 8.14. The van der Waals surface area contributed by atoms with Gasteiger partial charge in [-0.15, -0.1) is 0 Å². The lowest BCUT2D eigenvalue weighted by Crippen LogP contribution is -2.35. The van der Waals surface area contributed by atoms with Crippen LogP contribution in [0.15, 0.2) is 24.3 Å². The van der Waals surface area contributed by atoms with E-state index >= 15 is 0 Å². The third kappa shape index (κ3) is 5.27. The fraction of sp³-hybridized carbons (Fsp3) is 0.429. The molecule has 3 amide bonds. The first-order valence-electron chi connectivity index (χ1n) is 6.66. The van der Waals surface area contributed by atoms with Crippen molar-refractivity contribution in [1.29, 1.82) is 0 Å². The van der Waals surface area contributed by atoms with Crippen molar-refractivity contribution in [3.63, 3.8) is 0 Å². The lowest BCUT2D eigenvalue weighted by atomic mass is 10.2. The Kier molecular flexibility index (Phi) is 5.99. The normalized spacial score (nSPS) is 11.8. The number of anilines is 2. The minimum Gasteiger partial charge on any atom is -0.336 e. The number of carbonyl (C=O) groups is 2. The first-order valence-corrected chi connectivity index (χ1v) is 6.66. The molecule has 110 valence electrons. The lowest BCUT2D eigenvalue weighted by molar-refractivity contribution is -0.117. The van der Waals surface area contributed by atoms with E-state index in [-0.39, 0.29) is 18.0 Å². The fourth-order valence-corrected chi connectivity index (χ4v) is 1.49. The van der Waals surface area contributed by atoms with Crippen molar-refractivity contribution in [3.05, 3.63) is 24.3 Å². The van der Waals surface area contributed by atoms with Crippen molar-refractivity contribution in [2.75, 3.05) is 10.6 Å². The maximum Gasteiger partial charge on any atom is 0.319 e. The second-order valence-electron chi connectivity index (χ2n) is 4.83. The maximum atomic E-state index is 11.6. The van der Waals surface area contributed by atoms with Gasteiger partial charge in [0.05, 0.1) is 6.04 Å². The van der Waals surface area contributed by atoms with Gasteiger partial charge >= 0.3 is 6.03 Å². The highest BCUT2D eigenvalue weighted by atomic mass is 16.2. The Morgan fingerprint density at radius 2 is 1.60 bits per heavy atom. The van der Waals surface area contributed by atoms with Crippen LogP contribution in [0.3, 0.4) is 0 Å². The fourth-order valence-electron chi connectivity index (χ4n) is 1.49. The summed E-state index contributed by atoms with van der Waals surface area (Å²) in [7, 11) is 0. The molecule has 1 rings (SSSR count). The minimum absolute atomic E-state index is 0.0732. The molecule has 0 fully saturated rings. The van der Waals surface area contributed by atoms with E-state index in [9.17, 15) is 9.59 Å². The number of benzene rings is 1. The molecular weight excluding hydrogens is 256 g/mol. The molecule has 0 saturated carbocycles. The summed E-state index contributed by atoms with van der Waals surface area (Å²) in [5.74, 6) is -0.217. The molecule has 0 spiro atoms. The predicted molar refractivity (Wildman–Crippen MR) is 80.6 cm³/mol. The van der Waals surface area contributed by atoms with Crippen LogP contribution >= 0.6 is 0 Å². The van der Waals surface area contributed by atoms with Crippen molar-refractivity contribution in [2.24, 2.45) is 5.73 Å². The van der Waals surface area contributed by atoms with Crippen LogP contribution in [0.5, 0.6) is 0 Å². The molecule has 1 atom stereocenters. The summed E-state index contributed by atoms with van der Waals surface area (Å²) in [4.78, 5) is 23.1. The molecule has 0 bridgehead atoms. The standard InChI is InChI=1S/C14H22N4O2/c1-4-12(15)13(19)17-10-5-7-11(8-6-10)18-14(20)16-9(2)3/h5-9,12H,4,15H2,1-3H3,(H,17,19)(H2,16,18,20)/t12-/m0/s1. The highest BCUT2D eigenvalue weighted by Crippen LogP contribution is 2.13. The summed E-state index contributed by atoms with van der Waals surface area (Å²) >= 11 is 0. The van der Waals surface area contributed by atoms with Gasteiger partial charge in [0.15, 0.2) is 0 Å². The zero-order chi connectivity index (χ0) is 15.1. The van der Waals surface area contributed by atoms with Crippen molar-refractivity contribution in [1.82, 2.24) is 5.32 Å². The topological polar surface area (TPSA) is 96.2 Å². The van der Waals surface area contributed by atoms with Gasteiger partial charge in [0.2, 0.25) is 5.91 Å². The van der Waals surface area contributed by atoms with Crippen LogP contribution < -0.4 is 21.7 Å². The van der Waals surface area contributed by atoms with Crippen LogP contribution in [0.2, 0.25) is 0 Å². The van der Waals surface area contributed by atoms with Crippen LogP contribution in [0.1, 0.15) is 27.2 Å². The predicted octanol–water partition coefficient (Wildman–Crippen LogP) is 1.89. The maximum absolute atomic E-state index is 11.6. The Labute approximate surface area is 119 Å². The summed E-state index contributed by atoms with van der Waals surface area (Å²) in [6.07, 6.45) is 0.584. The van der Waals surface area contributed by atoms with E-state index in [1.165, 1.54) is 0 Å². The third-order valence-corrected chi connectivity index (χ3v) is 2.61. The highest BCUT2D eigenvalue weighted by Gasteiger charge is 2.10. The van der Waals surface area contributed by atoms with Gasteiger partial charge in [-0.1, -0.05) is 6.92 Å². The molecule has 0 aliphatic heterocycles. The molecule has 20 heavy (non-hydrogen) atoms. The summed E-state index contributed by atoms with van der Waals surface area (Å²) in [6, 6.07) is 6.16. The van der Waals surface area contributed by atoms with Crippen molar-refractivity contribution in [3.8, 4) is 0 Å². The quantitative estimate of drug-likeness (QED) is 0.662. The van der Waals surface area contributed by atoms with Gasteiger partial charge in [-0.05, 0) is 44.5 Å². The van der Waals surface area contributed by atoms with E-state index in [0.717, 1.165) is 0 Å². The SMILES string of the molecule is CC[C@H](N)C(=O)Nc1ccc(NC(=O)NC(C)C)cc1. The molecule has 0 saturated heterocycles. The van der Waals surface area contributed by atoms with Crippen LogP contribution in [0, 0.1) is 0 Å². The molecule has 0 heterocycles. The zero-order valence-electron chi connectivity index (χ0n) is 12.1. The van der Waals surface area contributed by atoms with Gasteiger partial charge in [0.25, 0.3) is 0 Å². The molecule has 0 aromatic heterocycles. The van der Waals surface area contributed by atoms with Gasteiger partial charge in [0.1, 0.15) is 0 Å². The van der Waals surface area contributed by atoms with Gasteiger partial charge in [-0.25, -0.2) is 4.79 Å². The molecule has 0 radical (unpaired) electrons.